The second kappa shape index (κ2) is 7.43. The molecular formula is C21H23ClN4O2. The van der Waals surface area contributed by atoms with Crippen molar-refractivity contribution in [3.8, 4) is 5.75 Å². The molecule has 1 unspecified atom stereocenters. The molecular weight excluding hydrogens is 376 g/mol. The third kappa shape index (κ3) is 3.69. The van der Waals surface area contributed by atoms with Gasteiger partial charge in [-0.1, -0.05) is 17.7 Å². The molecule has 1 atom stereocenters. The van der Waals surface area contributed by atoms with E-state index in [4.69, 9.17) is 16.3 Å². The lowest BCUT2D eigenvalue weighted by atomic mass is 9.95. The summed E-state index contributed by atoms with van der Waals surface area (Å²) in [6.45, 7) is 4.95. The number of carbonyl (C=O) groups is 1. The van der Waals surface area contributed by atoms with Gasteiger partial charge in [-0.25, -0.2) is 0 Å². The molecule has 0 bridgehead atoms. The Morgan fingerprint density at radius 1 is 1.18 bits per heavy atom. The quantitative estimate of drug-likeness (QED) is 0.667. The van der Waals surface area contributed by atoms with Crippen molar-refractivity contribution in [2.75, 3.05) is 13.1 Å². The molecule has 2 aromatic heterocycles. The number of halogens is 1. The Hall–Kier alpha value is -2.60. The molecule has 3 aromatic rings. The van der Waals surface area contributed by atoms with Crippen LogP contribution < -0.4 is 4.74 Å². The molecule has 3 heterocycles. The van der Waals surface area contributed by atoms with E-state index in [9.17, 15) is 4.79 Å². The maximum Gasteiger partial charge on any atom is 0.266 e. The predicted molar refractivity (Wildman–Crippen MR) is 108 cm³/mol. The van der Waals surface area contributed by atoms with Crippen LogP contribution >= 0.6 is 11.6 Å². The van der Waals surface area contributed by atoms with Crippen molar-refractivity contribution in [2.45, 2.75) is 38.2 Å². The minimum Gasteiger partial charge on any atom is -0.478 e. The Labute approximate surface area is 169 Å². The van der Waals surface area contributed by atoms with Crippen molar-refractivity contribution < 1.29 is 9.53 Å². The number of carbonyl (C=O) groups excluding carboxylic acids is 1. The molecule has 0 N–H and O–H groups in total. The summed E-state index contributed by atoms with van der Waals surface area (Å²) in [6, 6.07) is 12.9. The van der Waals surface area contributed by atoms with E-state index in [0.29, 0.717) is 17.3 Å². The number of aromatic nitrogens is 3. The standard InChI is InChI=1S/C21H23ClN4O2/c1-21(2,28-17-10-8-16(22)9-11-17)20(27)25-12-5-6-15(14-25)19-24-23-18-7-3-4-13-26(18)19/h3-4,7-11,13,15H,5-6,12,14H2,1-2H3. The lowest BCUT2D eigenvalue weighted by Gasteiger charge is -2.37. The van der Waals surface area contributed by atoms with Gasteiger partial charge in [0.25, 0.3) is 5.91 Å². The van der Waals surface area contributed by atoms with Gasteiger partial charge in [-0.05, 0) is 63.1 Å². The van der Waals surface area contributed by atoms with Crippen LogP contribution in [0.5, 0.6) is 5.75 Å². The zero-order chi connectivity index (χ0) is 19.7. The van der Waals surface area contributed by atoms with Gasteiger partial charge in [0.1, 0.15) is 11.6 Å². The topological polar surface area (TPSA) is 59.7 Å². The van der Waals surface area contributed by atoms with E-state index in [-0.39, 0.29) is 11.8 Å². The van der Waals surface area contributed by atoms with E-state index < -0.39 is 5.60 Å². The van der Waals surface area contributed by atoms with E-state index in [1.54, 1.807) is 38.1 Å². The highest BCUT2D eigenvalue weighted by Crippen LogP contribution is 2.29. The van der Waals surface area contributed by atoms with Gasteiger partial charge in [-0.15, -0.1) is 10.2 Å². The highest BCUT2D eigenvalue weighted by Gasteiger charge is 2.37. The molecule has 0 aliphatic carbocycles. The molecule has 1 saturated heterocycles. The molecule has 1 fully saturated rings. The molecule has 0 radical (unpaired) electrons. The molecule has 146 valence electrons. The number of pyridine rings is 1. The van der Waals surface area contributed by atoms with Crippen molar-refractivity contribution in [1.29, 1.82) is 0 Å². The molecule has 28 heavy (non-hydrogen) atoms. The minimum absolute atomic E-state index is 0.0269. The van der Waals surface area contributed by atoms with Crippen molar-refractivity contribution in [3.63, 3.8) is 0 Å². The van der Waals surface area contributed by atoms with Crippen molar-refractivity contribution >= 4 is 23.2 Å². The van der Waals surface area contributed by atoms with Gasteiger partial charge in [0, 0.05) is 30.2 Å². The number of ether oxygens (including phenoxy) is 1. The molecule has 7 heteroatoms. The number of piperidine rings is 1. The highest BCUT2D eigenvalue weighted by molar-refractivity contribution is 6.30. The number of fused-ring (bicyclic) bond motifs is 1. The zero-order valence-electron chi connectivity index (χ0n) is 16.0. The summed E-state index contributed by atoms with van der Waals surface area (Å²) in [4.78, 5) is 15.1. The summed E-state index contributed by atoms with van der Waals surface area (Å²) >= 11 is 5.93. The number of likely N-dealkylation sites (tertiary alicyclic amines) is 1. The van der Waals surface area contributed by atoms with Crippen LogP contribution in [0.4, 0.5) is 0 Å². The first-order valence-electron chi connectivity index (χ1n) is 9.48. The average molecular weight is 399 g/mol. The summed E-state index contributed by atoms with van der Waals surface area (Å²) in [7, 11) is 0. The summed E-state index contributed by atoms with van der Waals surface area (Å²) in [5.74, 6) is 1.66. The Morgan fingerprint density at radius 3 is 2.75 bits per heavy atom. The highest BCUT2D eigenvalue weighted by atomic mass is 35.5. The van der Waals surface area contributed by atoms with E-state index in [1.165, 1.54) is 0 Å². The van der Waals surface area contributed by atoms with Gasteiger partial charge in [0.05, 0.1) is 0 Å². The smallest absolute Gasteiger partial charge is 0.266 e. The fourth-order valence-electron chi connectivity index (χ4n) is 3.73. The molecule has 1 aliphatic heterocycles. The molecule has 1 aromatic carbocycles. The number of hydrogen-bond acceptors (Lipinski definition) is 4. The van der Waals surface area contributed by atoms with Crippen LogP contribution in [0.3, 0.4) is 0 Å². The summed E-state index contributed by atoms with van der Waals surface area (Å²) in [6.07, 6.45) is 3.88. The van der Waals surface area contributed by atoms with Crippen molar-refractivity contribution in [1.82, 2.24) is 19.5 Å². The van der Waals surface area contributed by atoms with Crippen molar-refractivity contribution in [2.24, 2.45) is 0 Å². The molecule has 6 nitrogen and oxygen atoms in total. The molecule has 1 aliphatic rings. The fraction of sp³-hybridized carbons (Fsp3) is 0.381. The zero-order valence-corrected chi connectivity index (χ0v) is 16.8. The van der Waals surface area contributed by atoms with Gasteiger partial charge < -0.3 is 9.64 Å². The minimum atomic E-state index is -0.970. The normalized spacial score (nSPS) is 17.7. The van der Waals surface area contributed by atoms with Gasteiger partial charge in [0.15, 0.2) is 11.2 Å². The maximum absolute atomic E-state index is 13.2. The second-order valence-corrected chi connectivity index (χ2v) is 8.08. The SMILES string of the molecule is CC(C)(Oc1ccc(Cl)cc1)C(=O)N1CCCC(c2nnc3ccccn23)C1. The number of benzene rings is 1. The van der Waals surface area contributed by atoms with Crippen LogP contribution in [0.15, 0.2) is 48.7 Å². The Kier molecular flexibility index (Phi) is 4.98. The Balaban J connectivity index is 1.50. The number of rotatable bonds is 4. The van der Waals surface area contributed by atoms with Gasteiger partial charge in [-0.2, -0.15) is 0 Å². The number of hydrogen-bond donors (Lipinski definition) is 0. The summed E-state index contributed by atoms with van der Waals surface area (Å²) < 4.78 is 7.99. The summed E-state index contributed by atoms with van der Waals surface area (Å²) in [5, 5.41) is 9.27. The maximum atomic E-state index is 13.2. The third-order valence-corrected chi connectivity index (χ3v) is 5.37. The third-order valence-electron chi connectivity index (χ3n) is 5.12. The monoisotopic (exact) mass is 398 g/mol. The lowest BCUT2D eigenvalue weighted by Crippen LogP contribution is -2.51. The van der Waals surface area contributed by atoms with Crippen LogP contribution in [0.2, 0.25) is 5.02 Å². The van der Waals surface area contributed by atoms with Crippen LogP contribution in [0.25, 0.3) is 5.65 Å². The summed E-state index contributed by atoms with van der Waals surface area (Å²) in [5.41, 5.74) is -0.143. The van der Waals surface area contributed by atoms with Crippen LogP contribution in [-0.2, 0) is 4.79 Å². The van der Waals surface area contributed by atoms with Gasteiger partial charge >= 0.3 is 0 Å². The van der Waals surface area contributed by atoms with Gasteiger partial charge in [-0.3, -0.25) is 9.20 Å². The lowest BCUT2D eigenvalue weighted by molar-refractivity contribution is -0.146. The first-order valence-corrected chi connectivity index (χ1v) is 9.85. The Bertz CT molecular complexity index is 983. The molecule has 0 spiro atoms. The first-order chi connectivity index (χ1) is 13.4. The van der Waals surface area contributed by atoms with Crippen LogP contribution in [-0.4, -0.2) is 44.1 Å². The van der Waals surface area contributed by atoms with Crippen LogP contribution in [0.1, 0.15) is 38.4 Å². The average Bonchev–Trinajstić information content (AvgIpc) is 3.13. The fourth-order valence-corrected chi connectivity index (χ4v) is 3.86. The molecule has 0 saturated carbocycles. The van der Waals surface area contributed by atoms with E-state index in [0.717, 1.165) is 30.9 Å². The van der Waals surface area contributed by atoms with E-state index in [2.05, 4.69) is 10.2 Å². The number of nitrogens with zero attached hydrogens (tertiary/aromatic N) is 4. The first kappa shape index (κ1) is 18.7. The van der Waals surface area contributed by atoms with E-state index >= 15 is 0 Å². The predicted octanol–water partition coefficient (Wildman–Crippen LogP) is 3.95. The molecule has 4 rings (SSSR count). The van der Waals surface area contributed by atoms with E-state index in [1.807, 2.05) is 33.7 Å². The number of amides is 1. The van der Waals surface area contributed by atoms with Gasteiger partial charge in [0.2, 0.25) is 0 Å². The second-order valence-electron chi connectivity index (χ2n) is 7.64. The largest absolute Gasteiger partial charge is 0.478 e. The Morgan fingerprint density at radius 2 is 1.96 bits per heavy atom. The van der Waals surface area contributed by atoms with Crippen LogP contribution in [0, 0.1) is 0 Å². The molecule has 1 amide bonds. The van der Waals surface area contributed by atoms with Crippen molar-refractivity contribution in [3.05, 3.63) is 59.5 Å².